The van der Waals surface area contributed by atoms with E-state index in [1.54, 1.807) is 0 Å². The maximum absolute atomic E-state index is 8.11. The molecule has 0 aliphatic heterocycles. The maximum Gasteiger partial charge on any atom is 2.00 e. The Bertz CT molecular complexity index is 20.4. The third kappa shape index (κ3) is 548. The molecule has 0 aliphatic rings. The van der Waals surface area contributed by atoms with Gasteiger partial charge in [0.2, 0.25) is 0 Å². The van der Waals surface area contributed by atoms with E-state index in [9.17, 15) is 0 Å². The second-order valence-corrected chi connectivity index (χ2v) is 0.0816. The van der Waals surface area contributed by atoms with Crippen LogP contribution < -0.4 is 29.3 Å². The molecule has 0 heterocycles. The minimum atomic E-state index is 0. The summed E-state index contributed by atoms with van der Waals surface area (Å²) in [4.78, 5) is 8.11. The van der Waals surface area contributed by atoms with E-state index in [0.717, 1.165) is 0 Å². The van der Waals surface area contributed by atoms with Crippen LogP contribution in [0.3, 0.4) is 0 Å². The Hall–Kier alpha value is 0.488. The van der Waals surface area contributed by atoms with Gasteiger partial charge in [-0.15, -0.1) is 4.91 Å². The van der Waals surface area contributed by atoms with Crippen molar-refractivity contribution in [3.63, 3.8) is 0 Å². The largest absolute Gasteiger partial charge is 2.00 e. The van der Waals surface area contributed by atoms with Crippen LogP contribution in [0.15, 0.2) is 5.34 Å². The molecule has 0 spiro atoms. The van der Waals surface area contributed by atoms with Gasteiger partial charge in [0.05, 0.1) is 0 Å². The molecule has 7 heavy (non-hydrogen) atoms. The van der Waals surface area contributed by atoms with E-state index in [1.165, 1.54) is 5.34 Å². The summed E-state index contributed by atoms with van der Waals surface area (Å²) in [5, 5.41) is 7.89. The molecule has 0 rings (SSSR count). The number of hydrogen-bond donors (Lipinski definition) is 3. The van der Waals surface area contributed by atoms with Gasteiger partial charge in [0, 0.05) is 0 Å². The van der Waals surface area contributed by atoms with Crippen molar-refractivity contribution in [1.82, 2.24) is 12.3 Å². The average Bonchev–Trinajstić information content (AvgIpc) is 0.918. The Morgan fingerprint density at radius 3 is 1.29 bits per heavy atom. The Morgan fingerprint density at radius 2 is 1.29 bits per heavy atom. The van der Waals surface area contributed by atoms with Crippen LogP contribution in [0.1, 0.15) is 0 Å². The van der Waals surface area contributed by atoms with E-state index in [2.05, 4.69) is 0 Å². The van der Waals surface area contributed by atoms with Gasteiger partial charge >= 0.3 is 21.1 Å². The molecule has 0 aromatic heterocycles. The SMILES string of the molecule is N.N.O=NO.[Br-].[Pt+2]. The maximum atomic E-state index is 8.11. The zero-order valence-electron chi connectivity index (χ0n) is 3.41. The van der Waals surface area contributed by atoms with E-state index in [-0.39, 0.29) is 50.3 Å². The van der Waals surface area contributed by atoms with E-state index < -0.39 is 0 Å². The summed E-state index contributed by atoms with van der Waals surface area (Å²) in [5.41, 5.74) is 0. The van der Waals surface area contributed by atoms with E-state index >= 15 is 0 Å². The standard InChI is InChI=1S/BrH.HNO2.2H3N.Pt/c;2-1-3;;;/h1H;(H,2,3);2*1H3;/q;;;;+2/p-1. The van der Waals surface area contributed by atoms with E-state index in [4.69, 9.17) is 10.1 Å². The van der Waals surface area contributed by atoms with Gasteiger partial charge in [-0.05, 0) is 0 Å². The molecule has 5 nitrogen and oxygen atoms in total. The van der Waals surface area contributed by atoms with Crippen molar-refractivity contribution >= 4 is 0 Å². The number of nitrogens with zero attached hydrogens (tertiary/aromatic N) is 1. The van der Waals surface area contributed by atoms with Gasteiger partial charge in [-0.1, -0.05) is 0 Å². The molecular formula is H7BrN3O2Pt+. The zero-order valence-corrected chi connectivity index (χ0v) is 7.27. The fraction of sp³-hybridized carbons (Fsp3) is 0. The second kappa shape index (κ2) is 88.2. The molecular weight excluding hydrogens is 349 g/mol. The second-order valence-electron chi connectivity index (χ2n) is 0.0816. The molecule has 0 fully saturated rings. The third-order valence-electron chi connectivity index (χ3n) is 0. The first-order valence-electron chi connectivity index (χ1n) is 0.383. The number of rotatable bonds is 0. The van der Waals surface area contributed by atoms with E-state index in [1.807, 2.05) is 0 Å². The molecule has 0 aliphatic carbocycles. The van der Waals surface area contributed by atoms with Crippen molar-refractivity contribution in [2.75, 3.05) is 0 Å². The number of hydrogen-bond acceptors (Lipinski definition) is 4. The van der Waals surface area contributed by atoms with Gasteiger partial charge in [-0.25, -0.2) is 0 Å². The Labute approximate surface area is 66.0 Å². The van der Waals surface area contributed by atoms with Crippen LogP contribution in [0.4, 0.5) is 0 Å². The molecule has 0 saturated carbocycles. The van der Waals surface area contributed by atoms with Crippen molar-refractivity contribution in [3.8, 4) is 0 Å². The first-order chi connectivity index (χ1) is 1.41. The van der Waals surface area contributed by atoms with Crippen molar-refractivity contribution < 1.29 is 43.3 Å². The summed E-state index contributed by atoms with van der Waals surface area (Å²) in [5.74, 6) is 0. The molecule has 0 unspecified atom stereocenters. The van der Waals surface area contributed by atoms with Crippen LogP contribution in [0.2, 0.25) is 0 Å². The summed E-state index contributed by atoms with van der Waals surface area (Å²) in [6.07, 6.45) is 0. The van der Waals surface area contributed by atoms with Crippen LogP contribution in [-0.2, 0) is 21.1 Å². The molecule has 0 atom stereocenters. The van der Waals surface area contributed by atoms with Crippen LogP contribution >= 0.6 is 0 Å². The molecule has 50 valence electrons. The van der Waals surface area contributed by atoms with E-state index in [0.29, 0.717) is 0 Å². The summed E-state index contributed by atoms with van der Waals surface area (Å²) in [6, 6.07) is 0. The molecule has 0 radical (unpaired) electrons. The zero-order chi connectivity index (χ0) is 2.71. The first-order valence-corrected chi connectivity index (χ1v) is 0.383. The summed E-state index contributed by atoms with van der Waals surface area (Å²) in [7, 11) is 0. The molecule has 0 aromatic rings. The molecule has 7 N–H and O–H groups in total. The monoisotopic (exact) mass is 355 g/mol. The van der Waals surface area contributed by atoms with Gasteiger partial charge in [0.25, 0.3) is 0 Å². The minimum Gasteiger partial charge on any atom is -1.00 e. The van der Waals surface area contributed by atoms with Crippen molar-refractivity contribution in [2.24, 2.45) is 5.34 Å². The number of halogens is 1. The molecule has 0 saturated heterocycles. The molecule has 7 heteroatoms. The van der Waals surface area contributed by atoms with Gasteiger partial charge in [-0.2, -0.15) is 0 Å². The summed E-state index contributed by atoms with van der Waals surface area (Å²) in [6.45, 7) is 0. The van der Waals surface area contributed by atoms with Crippen molar-refractivity contribution in [1.29, 1.82) is 0 Å². The Balaban J connectivity index is -0.00000000333. The van der Waals surface area contributed by atoms with Crippen LogP contribution in [0.25, 0.3) is 0 Å². The molecule has 0 amide bonds. The summed E-state index contributed by atoms with van der Waals surface area (Å²) >= 11 is 0. The minimum absolute atomic E-state index is 0. The Morgan fingerprint density at radius 1 is 1.29 bits per heavy atom. The first kappa shape index (κ1) is 50.9. The quantitative estimate of drug-likeness (QED) is 0.327. The Kier molecular flexibility index (Phi) is 642. The van der Waals surface area contributed by atoms with Crippen LogP contribution in [0, 0.1) is 4.91 Å². The van der Waals surface area contributed by atoms with Crippen molar-refractivity contribution in [2.45, 2.75) is 0 Å². The van der Waals surface area contributed by atoms with Gasteiger partial charge in [-0.3, -0.25) is 0 Å². The predicted octanol–water partition coefficient (Wildman–Crippen LogP) is -2.53. The van der Waals surface area contributed by atoms with Gasteiger partial charge in [0.15, 0.2) is 5.34 Å². The normalized spacial score (nSPS) is 1.71. The van der Waals surface area contributed by atoms with Crippen LogP contribution in [-0.4, -0.2) is 5.21 Å². The topological polar surface area (TPSA) is 120 Å². The fourth-order valence-corrected chi connectivity index (χ4v) is 0. The predicted molar refractivity (Wildman–Crippen MR) is 17.6 cm³/mol. The van der Waals surface area contributed by atoms with Crippen molar-refractivity contribution in [3.05, 3.63) is 4.91 Å². The third-order valence-corrected chi connectivity index (χ3v) is 0. The average molecular weight is 356 g/mol. The van der Waals surface area contributed by atoms with Gasteiger partial charge < -0.3 is 34.5 Å². The molecule has 0 aromatic carbocycles. The van der Waals surface area contributed by atoms with Gasteiger partial charge in [0.1, 0.15) is 0 Å². The smallest absolute Gasteiger partial charge is 1.00 e. The summed E-state index contributed by atoms with van der Waals surface area (Å²) < 4.78 is 0. The fourth-order valence-electron chi connectivity index (χ4n) is 0. The molecule has 0 bridgehead atoms. The van der Waals surface area contributed by atoms with Crippen LogP contribution in [0.5, 0.6) is 0 Å².